The molecule has 0 rings (SSSR count). The maximum Gasteiger partial charge on any atom is 0.122 e. The molecule has 0 spiro atoms. The van der Waals surface area contributed by atoms with E-state index in [2.05, 4.69) is 5.32 Å². The van der Waals surface area contributed by atoms with Crippen LogP contribution in [-0.4, -0.2) is 26.4 Å². The third kappa shape index (κ3) is 2.26. The molecule has 0 saturated carbocycles. The molecule has 8 heavy (non-hydrogen) atoms. The van der Waals surface area contributed by atoms with Crippen molar-refractivity contribution < 1.29 is 4.74 Å². The van der Waals surface area contributed by atoms with Gasteiger partial charge in [-0.1, -0.05) is 0 Å². The van der Waals surface area contributed by atoms with Crippen molar-refractivity contribution in [3.05, 3.63) is 0 Å². The van der Waals surface area contributed by atoms with E-state index in [0.717, 1.165) is 0 Å². The second-order valence-corrected chi connectivity index (χ2v) is 1.80. The SMILES string of the molecule is CNC(OC)C(C)N. The van der Waals surface area contributed by atoms with Gasteiger partial charge in [-0.05, 0) is 14.0 Å². The number of methoxy groups -OCH3 is 1. The van der Waals surface area contributed by atoms with E-state index in [-0.39, 0.29) is 12.3 Å². The fourth-order valence-electron chi connectivity index (χ4n) is 0.595. The molecule has 0 bridgehead atoms. The molecule has 50 valence electrons. The summed E-state index contributed by atoms with van der Waals surface area (Å²) in [5.41, 5.74) is 5.47. The Morgan fingerprint density at radius 2 is 2.12 bits per heavy atom. The first kappa shape index (κ1) is 7.88. The molecule has 0 fully saturated rings. The third-order valence-corrected chi connectivity index (χ3v) is 1.02. The lowest BCUT2D eigenvalue weighted by atomic mass is 10.3. The van der Waals surface area contributed by atoms with Crippen molar-refractivity contribution >= 4 is 0 Å². The summed E-state index contributed by atoms with van der Waals surface area (Å²) in [5.74, 6) is 0. The third-order valence-electron chi connectivity index (χ3n) is 1.02. The van der Waals surface area contributed by atoms with Gasteiger partial charge in [0.1, 0.15) is 6.23 Å². The Labute approximate surface area is 50.2 Å². The smallest absolute Gasteiger partial charge is 0.122 e. The van der Waals surface area contributed by atoms with Gasteiger partial charge in [0.15, 0.2) is 0 Å². The Kier molecular flexibility index (Phi) is 3.77. The molecular weight excluding hydrogens is 104 g/mol. The van der Waals surface area contributed by atoms with Gasteiger partial charge in [-0.15, -0.1) is 0 Å². The summed E-state index contributed by atoms with van der Waals surface area (Å²) in [6, 6.07) is 0.0463. The first-order valence-electron chi connectivity index (χ1n) is 2.68. The van der Waals surface area contributed by atoms with Crippen LogP contribution < -0.4 is 11.1 Å². The second-order valence-electron chi connectivity index (χ2n) is 1.80. The minimum Gasteiger partial charge on any atom is -0.365 e. The molecule has 0 aromatic heterocycles. The minimum absolute atomic E-state index is 0.0185. The summed E-state index contributed by atoms with van der Waals surface area (Å²) in [5, 5.41) is 2.90. The van der Waals surface area contributed by atoms with Gasteiger partial charge in [-0.25, -0.2) is 0 Å². The topological polar surface area (TPSA) is 47.3 Å². The molecule has 3 N–H and O–H groups in total. The van der Waals surface area contributed by atoms with Gasteiger partial charge < -0.3 is 10.5 Å². The van der Waals surface area contributed by atoms with Crippen LogP contribution in [0.15, 0.2) is 0 Å². The molecular formula is C5H14N2O. The van der Waals surface area contributed by atoms with Gasteiger partial charge in [0.05, 0.1) is 0 Å². The Morgan fingerprint density at radius 3 is 2.12 bits per heavy atom. The highest BCUT2D eigenvalue weighted by atomic mass is 16.5. The molecule has 0 heterocycles. The van der Waals surface area contributed by atoms with Gasteiger partial charge in [0, 0.05) is 13.2 Å². The predicted octanol–water partition coefficient (Wildman–Crippen LogP) is -0.474. The number of nitrogens with two attached hydrogens (primary N) is 1. The number of hydrogen-bond acceptors (Lipinski definition) is 3. The normalized spacial score (nSPS) is 18.0. The van der Waals surface area contributed by atoms with Crippen LogP contribution in [0.1, 0.15) is 6.92 Å². The van der Waals surface area contributed by atoms with Crippen molar-refractivity contribution in [2.75, 3.05) is 14.2 Å². The summed E-state index contributed by atoms with van der Waals surface area (Å²) in [6.45, 7) is 1.89. The highest BCUT2D eigenvalue weighted by Crippen LogP contribution is 1.86. The van der Waals surface area contributed by atoms with Crippen LogP contribution in [0.2, 0.25) is 0 Å². The van der Waals surface area contributed by atoms with Crippen LogP contribution in [0.5, 0.6) is 0 Å². The Morgan fingerprint density at radius 1 is 1.62 bits per heavy atom. The number of ether oxygens (including phenoxy) is 1. The van der Waals surface area contributed by atoms with E-state index < -0.39 is 0 Å². The van der Waals surface area contributed by atoms with E-state index in [1.54, 1.807) is 7.11 Å². The molecule has 0 aliphatic rings. The molecule has 0 aliphatic heterocycles. The minimum atomic E-state index is -0.0185. The summed E-state index contributed by atoms with van der Waals surface area (Å²) in [6.07, 6.45) is -0.0185. The van der Waals surface area contributed by atoms with Gasteiger partial charge in [-0.3, -0.25) is 5.32 Å². The number of likely N-dealkylation sites (N-methyl/N-ethyl adjacent to an activating group) is 1. The fourth-order valence-corrected chi connectivity index (χ4v) is 0.595. The molecule has 0 aliphatic carbocycles. The molecule has 3 nitrogen and oxygen atoms in total. The zero-order chi connectivity index (χ0) is 6.57. The monoisotopic (exact) mass is 118 g/mol. The van der Waals surface area contributed by atoms with Crippen molar-refractivity contribution in [3.8, 4) is 0 Å². The van der Waals surface area contributed by atoms with E-state index >= 15 is 0 Å². The first-order chi connectivity index (χ1) is 3.72. The van der Waals surface area contributed by atoms with E-state index in [1.807, 2.05) is 14.0 Å². The van der Waals surface area contributed by atoms with Crippen molar-refractivity contribution in [1.29, 1.82) is 0 Å². The number of nitrogens with one attached hydrogen (secondary N) is 1. The highest BCUT2D eigenvalue weighted by Gasteiger charge is 2.06. The van der Waals surface area contributed by atoms with Gasteiger partial charge >= 0.3 is 0 Å². The van der Waals surface area contributed by atoms with Crippen molar-refractivity contribution in [2.45, 2.75) is 19.2 Å². The highest BCUT2D eigenvalue weighted by molar-refractivity contribution is 4.61. The van der Waals surface area contributed by atoms with Gasteiger partial charge in [0.25, 0.3) is 0 Å². The van der Waals surface area contributed by atoms with E-state index in [1.165, 1.54) is 0 Å². The van der Waals surface area contributed by atoms with Crippen LogP contribution in [0, 0.1) is 0 Å². The van der Waals surface area contributed by atoms with Crippen LogP contribution >= 0.6 is 0 Å². The fraction of sp³-hybridized carbons (Fsp3) is 1.00. The lowest BCUT2D eigenvalue weighted by Gasteiger charge is -2.17. The quantitative estimate of drug-likeness (QED) is 0.492. The van der Waals surface area contributed by atoms with Gasteiger partial charge in [0.2, 0.25) is 0 Å². The van der Waals surface area contributed by atoms with Crippen LogP contribution in [-0.2, 0) is 4.74 Å². The maximum absolute atomic E-state index is 5.47. The van der Waals surface area contributed by atoms with E-state index in [0.29, 0.717) is 0 Å². The average Bonchev–Trinajstić information content (AvgIpc) is 1.69. The second kappa shape index (κ2) is 3.83. The lowest BCUT2D eigenvalue weighted by Crippen LogP contribution is -2.42. The van der Waals surface area contributed by atoms with Crippen molar-refractivity contribution in [2.24, 2.45) is 5.73 Å². The Bertz CT molecular complexity index is 52.4. The number of hydrogen-bond donors (Lipinski definition) is 2. The number of rotatable bonds is 3. The molecule has 0 amide bonds. The average molecular weight is 118 g/mol. The molecule has 2 atom stereocenters. The van der Waals surface area contributed by atoms with Gasteiger partial charge in [-0.2, -0.15) is 0 Å². The molecule has 0 saturated heterocycles. The largest absolute Gasteiger partial charge is 0.365 e. The van der Waals surface area contributed by atoms with E-state index in [9.17, 15) is 0 Å². The Balaban J connectivity index is 3.35. The van der Waals surface area contributed by atoms with Crippen LogP contribution in [0.25, 0.3) is 0 Å². The van der Waals surface area contributed by atoms with Crippen LogP contribution in [0.3, 0.4) is 0 Å². The molecule has 2 unspecified atom stereocenters. The zero-order valence-electron chi connectivity index (χ0n) is 5.64. The predicted molar refractivity (Wildman–Crippen MR) is 33.5 cm³/mol. The maximum atomic E-state index is 5.47. The molecule has 0 aromatic rings. The van der Waals surface area contributed by atoms with Crippen LogP contribution in [0.4, 0.5) is 0 Å². The summed E-state index contributed by atoms with van der Waals surface area (Å²) >= 11 is 0. The summed E-state index contributed by atoms with van der Waals surface area (Å²) in [4.78, 5) is 0. The molecule has 3 heteroatoms. The van der Waals surface area contributed by atoms with E-state index in [4.69, 9.17) is 10.5 Å². The summed E-state index contributed by atoms with van der Waals surface area (Å²) in [7, 11) is 3.45. The Hall–Kier alpha value is -0.120. The standard InChI is InChI=1S/C5H14N2O/c1-4(6)5(7-2)8-3/h4-5,7H,6H2,1-3H3. The summed E-state index contributed by atoms with van der Waals surface area (Å²) < 4.78 is 4.92. The lowest BCUT2D eigenvalue weighted by molar-refractivity contribution is 0.0639. The zero-order valence-corrected chi connectivity index (χ0v) is 5.64. The molecule has 0 radical (unpaired) electrons. The van der Waals surface area contributed by atoms with Crippen molar-refractivity contribution in [3.63, 3.8) is 0 Å². The molecule has 0 aromatic carbocycles. The van der Waals surface area contributed by atoms with Crippen molar-refractivity contribution in [1.82, 2.24) is 5.32 Å². The first-order valence-corrected chi connectivity index (χ1v) is 2.68.